The van der Waals surface area contributed by atoms with Gasteiger partial charge in [0.1, 0.15) is 0 Å². The highest BCUT2D eigenvalue weighted by molar-refractivity contribution is 7.91. The number of nitrogens with zero attached hydrogens (tertiary/aromatic N) is 3. The number of rotatable bonds is 7. The van der Waals surface area contributed by atoms with Gasteiger partial charge in [-0.3, -0.25) is 4.79 Å². The summed E-state index contributed by atoms with van der Waals surface area (Å²) in [5.41, 5.74) is 3.00. The zero-order chi connectivity index (χ0) is 28.6. The van der Waals surface area contributed by atoms with E-state index in [2.05, 4.69) is 30.7 Å². The van der Waals surface area contributed by atoms with Gasteiger partial charge in [-0.2, -0.15) is 0 Å². The van der Waals surface area contributed by atoms with Gasteiger partial charge in [-0.1, -0.05) is 80.9 Å². The van der Waals surface area contributed by atoms with Crippen molar-refractivity contribution in [2.24, 2.45) is 0 Å². The summed E-state index contributed by atoms with van der Waals surface area (Å²) >= 11 is 6.32. The lowest BCUT2D eigenvalue weighted by Crippen LogP contribution is -2.41. The Morgan fingerprint density at radius 1 is 1.10 bits per heavy atom. The third-order valence-corrected chi connectivity index (χ3v) is 10.4. The number of aromatic nitrogens is 2. The largest absolute Gasteiger partial charge is 0.329 e. The number of amides is 1. The molecule has 1 aliphatic heterocycles. The number of halogens is 1. The Bertz CT molecular complexity index is 1600. The van der Waals surface area contributed by atoms with Gasteiger partial charge in [0.15, 0.2) is 15.5 Å². The predicted molar refractivity (Wildman–Crippen MR) is 151 cm³/mol. The molecule has 1 unspecified atom stereocenters. The molecule has 1 atom stereocenters. The van der Waals surface area contributed by atoms with Gasteiger partial charge < -0.3 is 4.90 Å². The Labute approximate surface area is 235 Å². The van der Waals surface area contributed by atoms with E-state index < -0.39 is 36.8 Å². The van der Waals surface area contributed by atoms with Crippen LogP contribution >= 0.6 is 11.6 Å². The molecule has 0 N–H and O–H groups in total. The van der Waals surface area contributed by atoms with Crippen molar-refractivity contribution in [2.75, 3.05) is 11.5 Å². The van der Waals surface area contributed by atoms with Crippen LogP contribution < -0.4 is 0 Å². The summed E-state index contributed by atoms with van der Waals surface area (Å²) in [5, 5.41) is -0.615. The molecule has 1 aromatic heterocycles. The fraction of sp³-hybridized carbons (Fsp3) is 0.393. The molecular formula is C28H32ClN3O5S2. The van der Waals surface area contributed by atoms with E-state index in [0.717, 1.165) is 22.9 Å². The Morgan fingerprint density at radius 2 is 1.77 bits per heavy atom. The van der Waals surface area contributed by atoms with Gasteiger partial charge in [-0.15, -0.1) is 0 Å². The van der Waals surface area contributed by atoms with Crippen molar-refractivity contribution >= 4 is 37.2 Å². The minimum atomic E-state index is -4.00. The average Bonchev–Trinajstić information content (AvgIpc) is 3.22. The second-order valence-electron chi connectivity index (χ2n) is 11.0. The fourth-order valence-electron chi connectivity index (χ4n) is 4.52. The van der Waals surface area contributed by atoms with E-state index in [1.807, 2.05) is 43.3 Å². The van der Waals surface area contributed by atoms with Crippen LogP contribution in [0.4, 0.5) is 0 Å². The lowest BCUT2D eigenvalue weighted by atomic mass is 9.86. The topological polar surface area (TPSA) is 114 Å². The zero-order valence-electron chi connectivity index (χ0n) is 22.4. The average molecular weight is 590 g/mol. The zero-order valence-corrected chi connectivity index (χ0v) is 24.8. The van der Waals surface area contributed by atoms with Crippen molar-refractivity contribution in [3.8, 4) is 0 Å². The van der Waals surface area contributed by atoms with Gasteiger partial charge >= 0.3 is 0 Å². The summed E-state index contributed by atoms with van der Waals surface area (Å²) in [6, 6.07) is 14.3. The molecule has 208 valence electrons. The quantitative estimate of drug-likeness (QED) is 0.372. The van der Waals surface area contributed by atoms with Crippen molar-refractivity contribution in [1.82, 2.24) is 14.9 Å². The molecule has 2 heterocycles. The van der Waals surface area contributed by atoms with Crippen molar-refractivity contribution in [3.63, 3.8) is 0 Å². The number of sulfone groups is 2. The van der Waals surface area contributed by atoms with Crippen molar-refractivity contribution in [2.45, 2.75) is 63.0 Å². The summed E-state index contributed by atoms with van der Waals surface area (Å²) in [5.74, 6) is -1.19. The van der Waals surface area contributed by atoms with Gasteiger partial charge in [0.25, 0.3) is 5.91 Å². The van der Waals surface area contributed by atoms with Crippen LogP contribution in [0.2, 0.25) is 5.02 Å². The molecular weight excluding hydrogens is 558 g/mol. The van der Waals surface area contributed by atoms with E-state index >= 15 is 0 Å². The Kier molecular flexibility index (Phi) is 8.21. The Balaban J connectivity index is 1.68. The van der Waals surface area contributed by atoms with Crippen LogP contribution in [0.5, 0.6) is 0 Å². The van der Waals surface area contributed by atoms with Crippen LogP contribution in [0.15, 0.2) is 59.9 Å². The molecule has 0 aliphatic carbocycles. The molecule has 39 heavy (non-hydrogen) atoms. The first-order valence-corrected chi connectivity index (χ1v) is 16.4. The lowest BCUT2D eigenvalue weighted by Gasteiger charge is -2.29. The first-order chi connectivity index (χ1) is 18.2. The monoisotopic (exact) mass is 589 g/mol. The summed E-state index contributed by atoms with van der Waals surface area (Å²) in [6.07, 6.45) is 1.38. The predicted octanol–water partition coefficient (Wildman–Crippen LogP) is 4.54. The van der Waals surface area contributed by atoms with Crippen LogP contribution in [0, 0.1) is 6.92 Å². The maximum Gasteiger partial charge on any atom is 0.274 e. The van der Waals surface area contributed by atoms with Gasteiger partial charge in [-0.05, 0) is 41.0 Å². The number of hydrogen-bond acceptors (Lipinski definition) is 7. The molecule has 0 spiro atoms. The van der Waals surface area contributed by atoms with Gasteiger partial charge in [0, 0.05) is 12.6 Å². The third-order valence-electron chi connectivity index (χ3n) is 6.89. The molecule has 4 rings (SSSR count). The number of carbonyl (C=O) groups excluding carboxylic acids is 1. The summed E-state index contributed by atoms with van der Waals surface area (Å²) < 4.78 is 51.0. The summed E-state index contributed by atoms with van der Waals surface area (Å²) in [6.45, 7) is 8.23. The minimum absolute atomic E-state index is 0.0298. The molecule has 11 heteroatoms. The highest BCUT2D eigenvalue weighted by Crippen LogP contribution is 2.27. The fourth-order valence-corrected chi connectivity index (χ4v) is 7.73. The lowest BCUT2D eigenvalue weighted by molar-refractivity contribution is 0.0674. The van der Waals surface area contributed by atoms with E-state index in [1.165, 1.54) is 4.90 Å². The van der Waals surface area contributed by atoms with E-state index in [4.69, 9.17) is 11.6 Å². The number of hydrogen-bond donors (Lipinski definition) is 0. The Hall–Kier alpha value is -2.82. The van der Waals surface area contributed by atoms with Gasteiger partial charge in [0.2, 0.25) is 15.0 Å². The molecule has 2 aromatic carbocycles. The van der Waals surface area contributed by atoms with E-state index in [1.54, 1.807) is 12.1 Å². The van der Waals surface area contributed by atoms with Crippen LogP contribution in [0.25, 0.3) is 0 Å². The van der Waals surface area contributed by atoms with Crippen LogP contribution in [0.1, 0.15) is 59.9 Å². The SMILES string of the molecule is Cc1ccccc1CS(=O)(=O)c1ncc(Cl)c(C(=O)N(Cc2ccc(C(C)(C)C)cc2)C2CCS(=O)(=O)C2)n1. The molecule has 0 saturated carbocycles. The van der Waals surface area contributed by atoms with Gasteiger partial charge in [0.05, 0.1) is 28.5 Å². The first kappa shape index (κ1) is 29.2. The highest BCUT2D eigenvalue weighted by Gasteiger charge is 2.37. The minimum Gasteiger partial charge on any atom is -0.329 e. The van der Waals surface area contributed by atoms with Crippen LogP contribution in [0.3, 0.4) is 0 Å². The van der Waals surface area contributed by atoms with Crippen molar-refractivity contribution in [3.05, 3.63) is 87.7 Å². The van der Waals surface area contributed by atoms with E-state index in [-0.39, 0.29) is 46.4 Å². The molecule has 1 saturated heterocycles. The van der Waals surface area contributed by atoms with Crippen molar-refractivity contribution < 1.29 is 21.6 Å². The molecule has 1 amide bonds. The first-order valence-electron chi connectivity index (χ1n) is 12.6. The smallest absolute Gasteiger partial charge is 0.274 e. The third kappa shape index (κ3) is 6.85. The van der Waals surface area contributed by atoms with Crippen LogP contribution in [-0.4, -0.2) is 55.2 Å². The molecule has 1 aliphatic rings. The maximum atomic E-state index is 13.8. The number of aryl methyl sites for hydroxylation is 1. The van der Waals surface area contributed by atoms with E-state index in [0.29, 0.717) is 5.56 Å². The molecule has 8 nitrogen and oxygen atoms in total. The number of benzene rings is 2. The number of carbonyl (C=O) groups is 1. The van der Waals surface area contributed by atoms with E-state index in [9.17, 15) is 21.6 Å². The maximum absolute atomic E-state index is 13.8. The summed E-state index contributed by atoms with van der Waals surface area (Å²) in [4.78, 5) is 23.3. The summed E-state index contributed by atoms with van der Waals surface area (Å²) in [7, 11) is -7.31. The molecule has 3 aromatic rings. The van der Waals surface area contributed by atoms with Gasteiger partial charge in [-0.25, -0.2) is 26.8 Å². The molecule has 0 radical (unpaired) electrons. The molecule has 0 bridgehead atoms. The standard InChI is InChI=1S/C28H32ClN3O5S2/c1-19-7-5-6-8-21(19)17-39(36,37)27-30-15-24(29)25(31-27)26(33)32(23-13-14-38(34,35)18-23)16-20-9-11-22(12-10-20)28(2,3)4/h5-12,15,23H,13-14,16-18H2,1-4H3. The highest BCUT2D eigenvalue weighted by atomic mass is 35.5. The second-order valence-corrected chi connectivity index (χ2v) is 15.5. The molecule has 1 fully saturated rings. The Morgan fingerprint density at radius 3 is 2.36 bits per heavy atom. The van der Waals surface area contributed by atoms with Crippen LogP contribution in [-0.2, 0) is 37.4 Å². The normalized spacial score (nSPS) is 17.2. The van der Waals surface area contributed by atoms with Crippen molar-refractivity contribution in [1.29, 1.82) is 0 Å². The second kappa shape index (κ2) is 11.0.